The lowest BCUT2D eigenvalue weighted by Crippen LogP contribution is -2.31. The maximum absolute atomic E-state index is 12.6. The summed E-state index contributed by atoms with van der Waals surface area (Å²) >= 11 is 0. The summed E-state index contributed by atoms with van der Waals surface area (Å²) in [4.78, 5) is 16.8. The first-order valence-corrected chi connectivity index (χ1v) is 12.9. The van der Waals surface area contributed by atoms with E-state index in [0.29, 0.717) is 0 Å². The topological polar surface area (TPSA) is 60.5 Å². The number of hydrogen-bond acceptors (Lipinski definition) is 4. The zero-order valence-corrected chi connectivity index (χ0v) is 22.2. The van der Waals surface area contributed by atoms with Crippen LogP contribution in [0.25, 0.3) is 16.3 Å². The summed E-state index contributed by atoms with van der Waals surface area (Å²) in [5, 5.41) is 5.21. The SMILES string of the molecule is COc1ccc(/C(=C\C=C\C(=O)N[C@H](C)CCCc2cccnc2)c2cc(OC)c3ccccc3c2)cc1. The number of nitrogens with zero attached hydrogens (tertiary/aromatic N) is 1. The molecule has 38 heavy (non-hydrogen) atoms. The van der Waals surface area contributed by atoms with E-state index < -0.39 is 0 Å². The molecule has 0 spiro atoms. The van der Waals surface area contributed by atoms with Crippen molar-refractivity contribution in [3.8, 4) is 11.5 Å². The third-order valence-corrected chi connectivity index (χ3v) is 6.48. The van der Waals surface area contributed by atoms with Crippen molar-refractivity contribution in [3.05, 3.63) is 120 Å². The van der Waals surface area contributed by atoms with Crippen LogP contribution in [0.3, 0.4) is 0 Å². The Bertz CT molecular complexity index is 1410. The molecule has 0 aliphatic rings. The monoisotopic (exact) mass is 506 g/mol. The molecule has 1 amide bonds. The number of rotatable bonds is 11. The number of aromatic nitrogens is 1. The van der Waals surface area contributed by atoms with Gasteiger partial charge in [-0.05, 0) is 84.2 Å². The van der Waals surface area contributed by atoms with Crippen LogP contribution >= 0.6 is 0 Å². The average molecular weight is 507 g/mol. The minimum Gasteiger partial charge on any atom is -0.497 e. The van der Waals surface area contributed by atoms with Gasteiger partial charge < -0.3 is 14.8 Å². The van der Waals surface area contributed by atoms with Crippen LogP contribution in [0.2, 0.25) is 0 Å². The Hall–Kier alpha value is -4.38. The quantitative estimate of drug-likeness (QED) is 0.180. The highest BCUT2D eigenvalue weighted by Crippen LogP contribution is 2.33. The van der Waals surface area contributed by atoms with Crippen LogP contribution in [-0.2, 0) is 11.2 Å². The summed E-state index contributed by atoms with van der Waals surface area (Å²) in [6.45, 7) is 2.04. The van der Waals surface area contributed by atoms with E-state index in [1.807, 2.05) is 67.7 Å². The first-order chi connectivity index (χ1) is 18.6. The van der Waals surface area contributed by atoms with Crippen molar-refractivity contribution in [2.24, 2.45) is 0 Å². The zero-order valence-electron chi connectivity index (χ0n) is 22.2. The third-order valence-electron chi connectivity index (χ3n) is 6.48. The van der Waals surface area contributed by atoms with E-state index in [0.717, 1.165) is 58.2 Å². The lowest BCUT2D eigenvalue weighted by molar-refractivity contribution is -0.117. The van der Waals surface area contributed by atoms with Gasteiger partial charge >= 0.3 is 0 Å². The highest BCUT2D eigenvalue weighted by Gasteiger charge is 2.11. The molecule has 0 fully saturated rings. The van der Waals surface area contributed by atoms with Gasteiger partial charge in [0.2, 0.25) is 5.91 Å². The number of carbonyl (C=O) groups is 1. The average Bonchev–Trinajstić information content (AvgIpc) is 2.95. The molecule has 0 radical (unpaired) electrons. The van der Waals surface area contributed by atoms with Gasteiger partial charge in [0.15, 0.2) is 0 Å². The summed E-state index contributed by atoms with van der Waals surface area (Å²) in [5.41, 5.74) is 4.20. The third kappa shape index (κ3) is 7.10. The minimum absolute atomic E-state index is 0.0820. The van der Waals surface area contributed by atoms with Crippen molar-refractivity contribution in [1.82, 2.24) is 10.3 Å². The molecule has 0 aliphatic carbocycles. The Morgan fingerprint density at radius 2 is 1.79 bits per heavy atom. The maximum Gasteiger partial charge on any atom is 0.244 e. The minimum atomic E-state index is -0.111. The number of pyridine rings is 1. The van der Waals surface area contributed by atoms with Crippen LogP contribution in [0.15, 0.2) is 103 Å². The molecule has 1 aromatic heterocycles. The van der Waals surface area contributed by atoms with Crippen molar-refractivity contribution >= 4 is 22.3 Å². The number of hydrogen-bond donors (Lipinski definition) is 1. The summed E-state index contributed by atoms with van der Waals surface area (Å²) in [6.07, 6.45) is 11.9. The second kappa shape index (κ2) is 13.2. The number of nitrogens with one attached hydrogen (secondary N) is 1. The number of ether oxygens (including phenoxy) is 2. The molecule has 4 rings (SSSR count). The predicted molar refractivity (Wildman–Crippen MR) is 154 cm³/mol. The Balaban J connectivity index is 1.51. The Kier molecular flexibility index (Phi) is 9.30. The smallest absolute Gasteiger partial charge is 0.244 e. The van der Waals surface area contributed by atoms with Gasteiger partial charge in [0, 0.05) is 29.9 Å². The molecule has 5 heteroatoms. The highest BCUT2D eigenvalue weighted by molar-refractivity contribution is 5.94. The molecule has 5 nitrogen and oxygen atoms in total. The van der Waals surface area contributed by atoms with Crippen molar-refractivity contribution in [1.29, 1.82) is 0 Å². The molecule has 0 bridgehead atoms. The number of fused-ring (bicyclic) bond motifs is 1. The normalized spacial score (nSPS) is 12.4. The predicted octanol–water partition coefficient (Wildman–Crippen LogP) is 6.77. The van der Waals surface area contributed by atoms with Crippen molar-refractivity contribution in [3.63, 3.8) is 0 Å². The maximum atomic E-state index is 12.6. The second-order valence-electron chi connectivity index (χ2n) is 9.23. The van der Waals surface area contributed by atoms with Crippen LogP contribution in [-0.4, -0.2) is 31.2 Å². The van der Waals surface area contributed by atoms with Crippen LogP contribution in [0.1, 0.15) is 36.5 Å². The fourth-order valence-electron chi connectivity index (χ4n) is 4.48. The van der Waals surface area contributed by atoms with Crippen LogP contribution in [0.4, 0.5) is 0 Å². The molecule has 1 atom stereocenters. The molecule has 194 valence electrons. The molecule has 1 heterocycles. The molecule has 3 aromatic carbocycles. The van der Waals surface area contributed by atoms with Crippen LogP contribution in [0.5, 0.6) is 11.5 Å². The number of carbonyl (C=O) groups excluding carboxylic acids is 1. The van der Waals surface area contributed by atoms with Crippen molar-refractivity contribution < 1.29 is 14.3 Å². The van der Waals surface area contributed by atoms with Crippen LogP contribution in [0, 0.1) is 0 Å². The summed E-state index contributed by atoms with van der Waals surface area (Å²) in [7, 11) is 3.34. The number of allylic oxidation sites excluding steroid dienone is 2. The van der Waals surface area contributed by atoms with Crippen molar-refractivity contribution in [2.75, 3.05) is 14.2 Å². The van der Waals surface area contributed by atoms with Gasteiger partial charge in [-0.25, -0.2) is 0 Å². The standard InChI is InChI=1S/C33H34N2O3/c1-24(9-6-10-25-11-8-20-34-23-25)35-33(36)15-7-14-30(26-16-18-29(37-2)19-17-26)28-21-27-12-4-5-13-31(27)32(22-28)38-3/h4-5,7-8,11-24H,6,9-10H2,1-3H3,(H,35,36)/b15-7+,30-14+/t24-/m1/s1. The Labute approximate surface area is 224 Å². The Morgan fingerprint density at radius 3 is 2.53 bits per heavy atom. The molecule has 0 saturated carbocycles. The molecule has 0 saturated heterocycles. The van der Waals surface area contributed by atoms with Crippen molar-refractivity contribution in [2.45, 2.75) is 32.2 Å². The van der Waals surface area contributed by atoms with E-state index in [2.05, 4.69) is 34.6 Å². The number of aryl methyl sites for hydroxylation is 1. The van der Waals surface area contributed by atoms with Gasteiger partial charge in [-0.1, -0.05) is 54.6 Å². The molecular formula is C33H34N2O3. The van der Waals surface area contributed by atoms with E-state index in [1.54, 1.807) is 32.6 Å². The number of methoxy groups -OCH3 is 2. The number of amides is 1. The van der Waals surface area contributed by atoms with E-state index in [-0.39, 0.29) is 11.9 Å². The summed E-state index contributed by atoms with van der Waals surface area (Å²) in [5.74, 6) is 1.48. The number of benzene rings is 3. The first kappa shape index (κ1) is 26.7. The first-order valence-electron chi connectivity index (χ1n) is 12.9. The van der Waals surface area contributed by atoms with Gasteiger partial charge in [-0.15, -0.1) is 0 Å². The largest absolute Gasteiger partial charge is 0.497 e. The molecule has 4 aromatic rings. The van der Waals surface area contributed by atoms with Gasteiger partial charge in [-0.3, -0.25) is 9.78 Å². The van der Waals surface area contributed by atoms with E-state index >= 15 is 0 Å². The summed E-state index contributed by atoms with van der Waals surface area (Å²) in [6, 6.07) is 24.4. The molecule has 1 N–H and O–H groups in total. The van der Waals surface area contributed by atoms with Gasteiger partial charge in [-0.2, -0.15) is 0 Å². The highest BCUT2D eigenvalue weighted by atomic mass is 16.5. The zero-order chi connectivity index (χ0) is 26.7. The lowest BCUT2D eigenvalue weighted by atomic mass is 9.94. The summed E-state index contributed by atoms with van der Waals surface area (Å²) < 4.78 is 11.0. The van der Waals surface area contributed by atoms with E-state index in [4.69, 9.17) is 9.47 Å². The molecular weight excluding hydrogens is 472 g/mol. The fourth-order valence-corrected chi connectivity index (χ4v) is 4.48. The molecule has 0 aliphatic heterocycles. The van der Waals surface area contributed by atoms with Gasteiger partial charge in [0.05, 0.1) is 14.2 Å². The van der Waals surface area contributed by atoms with Gasteiger partial charge in [0.1, 0.15) is 11.5 Å². The second-order valence-corrected chi connectivity index (χ2v) is 9.23. The van der Waals surface area contributed by atoms with E-state index in [9.17, 15) is 4.79 Å². The van der Waals surface area contributed by atoms with Gasteiger partial charge in [0.25, 0.3) is 0 Å². The lowest BCUT2D eigenvalue weighted by Gasteiger charge is -2.13. The van der Waals surface area contributed by atoms with Crippen LogP contribution < -0.4 is 14.8 Å². The van der Waals surface area contributed by atoms with E-state index in [1.165, 1.54) is 5.56 Å². The molecule has 0 unspecified atom stereocenters. The fraction of sp³-hybridized carbons (Fsp3) is 0.212. The Morgan fingerprint density at radius 1 is 0.974 bits per heavy atom.